The van der Waals surface area contributed by atoms with Crippen LogP contribution in [0.1, 0.15) is 30.1 Å². The van der Waals surface area contributed by atoms with Crippen molar-refractivity contribution in [1.82, 2.24) is 9.88 Å². The molecule has 0 aliphatic carbocycles. The minimum absolute atomic E-state index is 0.00284. The van der Waals surface area contributed by atoms with E-state index in [1.54, 1.807) is 17.4 Å². The van der Waals surface area contributed by atoms with Crippen molar-refractivity contribution < 1.29 is 14.3 Å². The number of thiazole rings is 1. The highest BCUT2D eigenvalue weighted by Gasteiger charge is 2.24. The molecule has 0 spiro atoms. The molecule has 2 aromatic rings. The maximum Gasteiger partial charge on any atom is 0.246 e. The quantitative estimate of drug-likeness (QED) is 0.752. The highest BCUT2D eigenvalue weighted by Crippen LogP contribution is 2.21. The second-order valence-corrected chi connectivity index (χ2v) is 7.58. The molecule has 1 aromatic carbocycles. The maximum absolute atomic E-state index is 12.5. The number of para-hydroxylation sites is 1. The fraction of sp³-hybridized carbons (Fsp3) is 0.400. The molecule has 1 amide bonds. The Morgan fingerprint density at radius 3 is 2.77 bits per heavy atom. The lowest BCUT2D eigenvalue weighted by molar-refractivity contribution is -0.137. The third-order valence-corrected chi connectivity index (χ3v) is 4.92. The predicted molar refractivity (Wildman–Crippen MR) is 103 cm³/mol. The average molecular weight is 372 g/mol. The SMILES string of the molecule is Cc1nc(COc2ccccc2/C=C/C(=O)N2CC(C)OC(C)C2)cs1. The first-order valence-corrected chi connectivity index (χ1v) is 9.64. The van der Waals surface area contributed by atoms with Crippen LogP contribution in [-0.4, -0.2) is 41.1 Å². The lowest BCUT2D eigenvalue weighted by atomic mass is 10.1. The Labute approximate surface area is 158 Å². The third-order valence-electron chi connectivity index (χ3n) is 4.10. The Balaban J connectivity index is 1.65. The van der Waals surface area contributed by atoms with E-state index in [0.29, 0.717) is 19.7 Å². The topological polar surface area (TPSA) is 51.7 Å². The van der Waals surface area contributed by atoms with Gasteiger partial charge in [-0.05, 0) is 32.9 Å². The van der Waals surface area contributed by atoms with Gasteiger partial charge in [-0.25, -0.2) is 4.98 Å². The number of aromatic nitrogens is 1. The van der Waals surface area contributed by atoms with Gasteiger partial charge in [0, 0.05) is 30.1 Å². The molecule has 2 unspecified atom stereocenters. The molecule has 0 saturated carbocycles. The Bertz CT molecular complexity index is 777. The number of ether oxygens (including phenoxy) is 2. The summed E-state index contributed by atoms with van der Waals surface area (Å²) in [7, 11) is 0. The largest absolute Gasteiger partial charge is 0.487 e. The Hall–Kier alpha value is -2.18. The Morgan fingerprint density at radius 1 is 1.35 bits per heavy atom. The first kappa shape index (κ1) is 18.6. The van der Waals surface area contributed by atoms with Crippen LogP contribution in [-0.2, 0) is 16.1 Å². The van der Waals surface area contributed by atoms with Crippen LogP contribution in [0.2, 0.25) is 0 Å². The van der Waals surface area contributed by atoms with Crippen molar-refractivity contribution in [3.8, 4) is 5.75 Å². The van der Waals surface area contributed by atoms with Crippen molar-refractivity contribution >= 4 is 23.3 Å². The number of hydrogen-bond donors (Lipinski definition) is 0. The van der Waals surface area contributed by atoms with E-state index in [2.05, 4.69) is 4.98 Å². The van der Waals surface area contributed by atoms with Crippen molar-refractivity contribution in [3.63, 3.8) is 0 Å². The van der Waals surface area contributed by atoms with Gasteiger partial charge in [0.25, 0.3) is 0 Å². The number of carbonyl (C=O) groups is 1. The van der Waals surface area contributed by atoms with E-state index in [4.69, 9.17) is 9.47 Å². The van der Waals surface area contributed by atoms with Crippen molar-refractivity contribution in [2.75, 3.05) is 13.1 Å². The summed E-state index contributed by atoms with van der Waals surface area (Å²) in [4.78, 5) is 18.7. The van der Waals surface area contributed by atoms with Crippen LogP contribution in [0.4, 0.5) is 0 Å². The highest BCUT2D eigenvalue weighted by molar-refractivity contribution is 7.09. The summed E-state index contributed by atoms with van der Waals surface area (Å²) in [5, 5.41) is 3.02. The molecule has 1 fully saturated rings. The van der Waals surface area contributed by atoms with E-state index in [0.717, 1.165) is 22.0 Å². The van der Waals surface area contributed by atoms with Crippen LogP contribution >= 0.6 is 11.3 Å². The average Bonchev–Trinajstić information content (AvgIpc) is 3.03. The van der Waals surface area contributed by atoms with Gasteiger partial charge in [-0.15, -0.1) is 11.3 Å². The van der Waals surface area contributed by atoms with E-state index in [9.17, 15) is 4.79 Å². The second-order valence-electron chi connectivity index (χ2n) is 6.52. The van der Waals surface area contributed by atoms with E-state index in [1.807, 2.05) is 61.4 Å². The maximum atomic E-state index is 12.5. The first-order valence-electron chi connectivity index (χ1n) is 8.76. The van der Waals surface area contributed by atoms with Gasteiger partial charge in [-0.1, -0.05) is 18.2 Å². The number of hydrogen-bond acceptors (Lipinski definition) is 5. The number of carbonyl (C=O) groups excluding carboxylic acids is 1. The van der Waals surface area contributed by atoms with Gasteiger partial charge in [0.15, 0.2) is 0 Å². The lowest BCUT2D eigenvalue weighted by Gasteiger charge is -2.34. The normalized spacial score (nSPS) is 20.5. The zero-order valence-electron chi connectivity index (χ0n) is 15.3. The minimum atomic E-state index is -0.00284. The third kappa shape index (κ3) is 4.93. The fourth-order valence-electron chi connectivity index (χ4n) is 3.00. The number of nitrogens with zero attached hydrogens (tertiary/aromatic N) is 2. The molecule has 138 valence electrons. The van der Waals surface area contributed by atoms with Gasteiger partial charge in [-0.2, -0.15) is 0 Å². The van der Waals surface area contributed by atoms with E-state index in [1.165, 1.54) is 0 Å². The molecule has 5 nitrogen and oxygen atoms in total. The van der Waals surface area contributed by atoms with Gasteiger partial charge in [0.05, 0.1) is 22.9 Å². The van der Waals surface area contributed by atoms with Gasteiger partial charge in [0.2, 0.25) is 5.91 Å². The molecule has 1 saturated heterocycles. The monoisotopic (exact) mass is 372 g/mol. The smallest absolute Gasteiger partial charge is 0.246 e. The molecule has 2 heterocycles. The van der Waals surface area contributed by atoms with Gasteiger partial charge in [-0.3, -0.25) is 4.79 Å². The first-order chi connectivity index (χ1) is 12.5. The van der Waals surface area contributed by atoms with E-state index >= 15 is 0 Å². The predicted octanol–water partition coefficient (Wildman–Crippen LogP) is 3.68. The summed E-state index contributed by atoms with van der Waals surface area (Å²) in [5.74, 6) is 0.739. The van der Waals surface area contributed by atoms with Crippen LogP contribution in [0.5, 0.6) is 5.75 Å². The zero-order chi connectivity index (χ0) is 18.5. The summed E-state index contributed by atoms with van der Waals surface area (Å²) in [5.41, 5.74) is 1.79. The van der Waals surface area contributed by atoms with Crippen LogP contribution < -0.4 is 4.74 Å². The summed E-state index contributed by atoms with van der Waals surface area (Å²) >= 11 is 1.61. The molecule has 1 aliphatic heterocycles. The molecule has 0 radical (unpaired) electrons. The standard InChI is InChI=1S/C20H24N2O3S/c1-14-10-22(11-15(2)25-14)20(23)9-8-17-6-4-5-7-19(17)24-12-18-13-26-16(3)21-18/h4-9,13-15H,10-12H2,1-3H3/b9-8+. The van der Waals surface area contributed by atoms with Crippen LogP contribution in [0.15, 0.2) is 35.7 Å². The molecule has 0 N–H and O–H groups in total. The van der Waals surface area contributed by atoms with Crippen LogP contribution in [0, 0.1) is 6.92 Å². The number of rotatable bonds is 5. The molecule has 0 bridgehead atoms. The molecular formula is C20H24N2O3S. The Kier molecular flexibility index (Phi) is 6.06. The number of morpholine rings is 1. The summed E-state index contributed by atoms with van der Waals surface area (Å²) in [6.45, 7) is 7.61. The van der Waals surface area contributed by atoms with Crippen LogP contribution in [0.3, 0.4) is 0 Å². The van der Waals surface area contributed by atoms with Crippen LogP contribution in [0.25, 0.3) is 6.08 Å². The van der Waals surface area contributed by atoms with Crippen molar-refractivity contribution in [3.05, 3.63) is 52.0 Å². The van der Waals surface area contributed by atoms with E-state index in [-0.39, 0.29) is 18.1 Å². The molecule has 1 aromatic heterocycles. The molecule has 1 aliphatic rings. The molecule has 2 atom stereocenters. The molecular weight excluding hydrogens is 348 g/mol. The summed E-state index contributed by atoms with van der Waals surface area (Å²) in [6, 6.07) is 7.70. The van der Waals surface area contributed by atoms with Gasteiger partial charge < -0.3 is 14.4 Å². The number of amides is 1. The van der Waals surface area contributed by atoms with E-state index < -0.39 is 0 Å². The van der Waals surface area contributed by atoms with Crippen molar-refractivity contribution in [2.45, 2.75) is 39.6 Å². The molecule has 6 heteroatoms. The Morgan fingerprint density at radius 2 is 2.08 bits per heavy atom. The summed E-state index contributed by atoms with van der Waals surface area (Å²) < 4.78 is 11.6. The molecule has 26 heavy (non-hydrogen) atoms. The summed E-state index contributed by atoms with van der Waals surface area (Å²) in [6.07, 6.45) is 3.55. The lowest BCUT2D eigenvalue weighted by Crippen LogP contribution is -2.47. The minimum Gasteiger partial charge on any atom is -0.487 e. The zero-order valence-corrected chi connectivity index (χ0v) is 16.2. The number of aryl methyl sites for hydroxylation is 1. The van der Waals surface area contributed by atoms with Gasteiger partial charge >= 0.3 is 0 Å². The number of benzene rings is 1. The van der Waals surface area contributed by atoms with Gasteiger partial charge in [0.1, 0.15) is 12.4 Å². The van der Waals surface area contributed by atoms with Crippen molar-refractivity contribution in [1.29, 1.82) is 0 Å². The second kappa shape index (κ2) is 8.47. The molecule has 3 rings (SSSR count). The fourth-order valence-corrected chi connectivity index (χ4v) is 3.60. The highest BCUT2D eigenvalue weighted by atomic mass is 32.1. The van der Waals surface area contributed by atoms with Crippen molar-refractivity contribution in [2.24, 2.45) is 0 Å².